The first-order valence-electron chi connectivity index (χ1n) is 10.2. The lowest BCUT2D eigenvalue weighted by Crippen LogP contribution is -2.48. The lowest BCUT2D eigenvalue weighted by atomic mass is 10.0. The van der Waals surface area contributed by atoms with Gasteiger partial charge in [-0.15, -0.1) is 0 Å². The number of nitrogens with one attached hydrogen (secondary N) is 1. The molecule has 1 heterocycles. The van der Waals surface area contributed by atoms with Crippen molar-refractivity contribution in [1.82, 2.24) is 4.90 Å². The number of hydrogen-bond acceptors (Lipinski definition) is 5. The molecule has 2 amide bonds. The number of nitrogens with two attached hydrogens (primary N) is 1. The number of nitrogens with zero attached hydrogens (tertiary/aromatic N) is 1. The van der Waals surface area contributed by atoms with Crippen LogP contribution in [0.15, 0.2) is 42.5 Å². The van der Waals surface area contributed by atoms with Crippen molar-refractivity contribution in [2.24, 2.45) is 0 Å². The maximum Gasteiger partial charge on any atom is 0.412 e. The Bertz CT molecular complexity index is 949. The van der Waals surface area contributed by atoms with E-state index in [9.17, 15) is 14.0 Å². The van der Waals surface area contributed by atoms with Gasteiger partial charge in [0.05, 0.1) is 18.3 Å². The summed E-state index contributed by atoms with van der Waals surface area (Å²) in [5, 5.41) is 2.57. The van der Waals surface area contributed by atoms with Crippen LogP contribution >= 0.6 is 0 Å². The van der Waals surface area contributed by atoms with E-state index in [0.29, 0.717) is 30.7 Å². The summed E-state index contributed by atoms with van der Waals surface area (Å²) >= 11 is 0. The van der Waals surface area contributed by atoms with Gasteiger partial charge in [0.15, 0.2) is 0 Å². The van der Waals surface area contributed by atoms with Gasteiger partial charge in [-0.3, -0.25) is 9.69 Å². The first kappa shape index (κ1) is 22.6. The van der Waals surface area contributed by atoms with Crippen molar-refractivity contribution in [3.05, 3.63) is 59.4 Å². The first-order chi connectivity index (χ1) is 14.7. The minimum absolute atomic E-state index is 0.0329. The number of carbonyl (C=O) groups excluding carboxylic acids is 2. The molecule has 1 aliphatic rings. The second kappa shape index (κ2) is 9.34. The molecule has 0 bridgehead atoms. The van der Waals surface area contributed by atoms with Crippen molar-refractivity contribution in [2.75, 3.05) is 17.7 Å². The number of amides is 2. The lowest BCUT2D eigenvalue weighted by Gasteiger charge is -2.32. The topological polar surface area (TPSA) is 93.9 Å². The monoisotopic (exact) mass is 429 g/mol. The molecule has 1 fully saturated rings. The summed E-state index contributed by atoms with van der Waals surface area (Å²) in [4.78, 5) is 25.7. The number of aryl methyl sites for hydroxylation is 1. The van der Waals surface area contributed by atoms with Gasteiger partial charge in [0, 0.05) is 12.6 Å². The zero-order valence-corrected chi connectivity index (χ0v) is 18.0. The van der Waals surface area contributed by atoms with Crippen LogP contribution in [0, 0.1) is 5.82 Å². The second-order valence-electron chi connectivity index (χ2n) is 8.07. The van der Waals surface area contributed by atoms with Crippen LogP contribution < -0.4 is 11.1 Å². The zero-order chi connectivity index (χ0) is 22.6. The van der Waals surface area contributed by atoms with Crippen molar-refractivity contribution in [3.8, 4) is 0 Å². The van der Waals surface area contributed by atoms with E-state index in [1.165, 1.54) is 13.0 Å². The Morgan fingerprint density at radius 1 is 1.29 bits per heavy atom. The van der Waals surface area contributed by atoms with Gasteiger partial charge >= 0.3 is 6.09 Å². The summed E-state index contributed by atoms with van der Waals surface area (Å²) in [5.74, 6) is -0.892. The standard InChI is InChI=1S/C23H28FN3O4/c1-15(28)26-18-11-17(21(25)20(24)12-18)9-10-19-14-31-23(2,3)27(19)22(29)30-13-16-7-5-4-6-8-16/h4-8,11-12,19H,9-10,13-14,25H2,1-3H3,(H,26,28)/t19-/m0/s1. The quantitative estimate of drug-likeness (QED) is 0.675. The molecule has 2 aromatic carbocycles. The maximum atomic E-state index is 14.2. The Labute approximate surface area is 181 Å². The van der Waals surface area contributed by atoms with Crippen molar-refractivity contribution >= 4 is 23.4 Å². The summed E-state index contributed by atoms with van der Waals surface area (Å²) in [6.07, 6.45) is 0.433. The number of ether oxygens (including phenoxy) is 2. The van der Waals surface area contributed by atoms with Gasteiger partial charge in [-0.25, -0.2) is 9.18 Å². The Hall–Kier alpha value is -3.13. The van der Waals surface area contributed by atoms with Gasteiger partial charge in [0.1, 0.15) is 18.1 Å². The fraction of sp³-hybridized carbons (Fsp3) is 0.391. The molecule has 1 atom stereocenters. The van der Waals surface area contributed by atoms with Crippen LogP contribution in [0.4, 0.5) is 20.6 Å². The molecular formula is C23H28FN3O4. The average molecular weight is 429 g/mol. The maximum absolute atomic E-state index is 14.2. The normalized spacial score (nSPS) is 17.4. The predicted octanol–water partition coefficient (Wildman–Crippen LogP) is 4.07. The third-order valence-electron chi connectivity index (χ3n) is 5.26. The van der Waals surface area contributed by atoms with Crippen LogP contribution in [0.25, 0.3) is 0 Å². The van der Waals surface area contributed by atoms with E-state index in [4.69, 9.17) is 15.2 Å². The van der Waals surface area contributed by atoms with E-state index in [1.54, 1.807) is 11.0 Å². The van der Waals surface area contributed by atoms with Crippen LogP contribution in [-0.4, -0.2) is 35.3 Å². The Morgan fingerprint density at radius 2 is 2.00 bits per heavy atom. The van der Waals surface area contributed by atoms with E-state index < -0.39 is 17.6 Å². The summed E-state index contributed by atoms with van der Waals surface area (Å²) in [5.41, 5.74) is 6.91. The molecule has 0 aliphatic carbocycles. The average Bonchev–Trinajstić information content (AvgIpc) is 3.02. The summed E-state index contributed by atoms with van der Waals surface area (Å²) < 4.78 is 25.5. The molecule has 0 saturated carbocycles. The largest absolute Gasteiger partial charge is 0.444 e. The Morgan fingerprint density at radius 3 is 2.68 bits per heavy atom. The van der Waals surface area contributed by atoms with Crippen LogP contribution in [0.1, 0.15) is 38.3 Å². The Kier molecular flexibility index (Phi) is 6.80. The SMILES string of the molecule is CC(=O)Nc1cc(F)c(N)c(CC[C@H]2COC(C)(C)N2C(=O)OCc2ccccc2)c1. The molecule has 3 rings (SSSR count). The number of nitrogen functional groups attached to an aromatic ring is 1. The van der Waals surface area contributed by atoms with Gasteiger partial charge in [0.25, 0.3) is 0 Å². The van der Waals surface area contributed by atoms with E-state index in [-0.39, 0.29) is 24.2 Å². The third kappa shape index (κ3) is 5.52. The van der Waals surface area contributed by atoms with E-state index >= 15 is 0 Å². The predicted molar refractivity (Wildman–Crippen MR) is 116 cm³/mol. The van der Waals surface area contributed by atoms with Crippen LogP contribution in [0.5, 0.6) is 0 Å². The minimum atomic E-state index is -0.826. The fourth-order valence-corrected chi connectivity index (χ4v) is 3.73. The second-order valence-corrected chi connectivity index (χ2v) is 8.07. The number of benzene rings is 2. The van der Waals surface area contributed by atoms with E-state index in [2.05, 4.69) is 5.32 Å². The molecule has 3 N–H and O–H groups in total. The lowest BCUT2D eigenvalue weighted by molar-refractivity contribution is -0.114. The molecule has 8 heteroatoms. The van der Waals surface area contributed by atoms with Crippen molar-refractivity contribution in [2.45, 2.75) is 52.0 Å². The zero-order valence-electron chi connectivity index (χ0n) is 18.0. The molecule has 0 unspecified atom stereocenters. The molecule has 0 aromatic heterocycles. The number of carbonyl (C=O) groups is 2. The van der Waals surface area contributed by atoms with Gasteiger partial charge in [-0.1, -0.05) is 30.3 Å². The first-order valence-corrected chi connectivity index (χ1v) is 10.2. The molecule has 7 nitrogen and oxygen atoms in total. The highest BCUT2D eigenvalue weighted by Crippen LogP contribution is 2.32. The highest BCUT2D eigenvalue weighted by Gasteiger charge is 2.44. The molecule has 2 aromatic rings. The van der Waals surface area contributed by atoms with Crippen LogP contribution in [0.2, 0.25) is 0 Å². The highest BCUT2D eigenvalue weighted by molar-refractivity contribution is 5.89. The molecule has 1 saturated heterocycles. The van der Waals surface area contributed by atoms with E-state index in [0.717, 1.165) is 5.56 Å². The number of anilines is 2. The third-order valence-corrected chi connectivity index (χ3v) is 5.26. The van der Waals surface area contributed by atoms with Crippen molar-refractivity contribution < 1.29 is 23.5 Å². The van der Waals surface area contributed by atoms with Crippen LogP contribution in [-0.2, 0) is 27.3 Å². The van der Waals surface area contributed by atoms with Crippen LogP contribution in [0.3, 0.4) is 0 Å². The molecule has 31 heavy (non-hydrogen) atoms. The molecular weight excluding hydrogens is 401 g/mol. The molecule has 1 aliphatic heterocycles. The van der Waals surface area contributed by atoms with E-state index in [1.807, 2.05) is 44.2 Å². The van der Waals surface area contributed by atoms with Gasteiger partial charge in [-0.05, 0) is 49.9 Å². The minimum Gasteiger partial charge on any atom is -0.444 e. The van der Waals surface area contributed by atoms with Gasteiger partial charge < -0.3 is 20.5 Å². The summed E-state index contributed by atoms with van der Waals surface area (Å²) in [6, 6.07) is 12.0. The Balaban J connectivity index is 1.69. The summed E-state index contributed by atoms with van der Waals surface area (Å²) in [6.45, 7) is 5.46. The molecule has 0 radical (unpaired) electrons. The highest BCUT2D eigenvalue weighted by atomic mass is 19.1. The van der Waals surface area contributed by atoms with Gasteiger partial charge in [-0.2, -0.15) is 0 Å². The molecule has 166 valence electrons. The van der Waals surface area contributed by atoms with Crippen molar-refractivity contribution in [3.63, 3.8) is 0 Å². The fourth-order valence-electron chi connectivity index (χ4n) is 3.73. The van der Waals surface area contributed by atoms with Gasteiger partial charge in [0.2, 0.25) is 5.91 Å². The number of halogens is 1. The molecule has 0 spiro atoms. The smallest absolute Gasteiger partial charge is 0.412 e. The number of rotatable bonds is 6. The summed E-state index contributed by atoms with van der Waals surface area (Å²) in [7, 11) is 0. The van der Waals surface area contributed by atoms with Crippen molar-refractivity contribution in [1.29, 1.82) is 0 Å². The number of hydrogen-bond donors (Lipinski definition) is 2.